The average molecular weight is 297 g/mol. The summed E-state index contributed by atoms with van der Waals surface area (Å²) in [7, 11) is 0. The number of hydrogen-bond acceptors (Lipinski definition) is 2. The smallest absolute Gasteiger partial charge is 0.0499 e. The van der Waals surface area contributed by atoms with Gasteiger partial charge in [0.25, 0.3) is 0 Å². The van der Waals surface area contributed by atoms with E-state index in [4.69, 9.17) is 5.73 Å². The van der Waals surface area contributed by atoms with E-state index in [9.17, 15) is 0 Å². The molecule has 0 saturated heterocycles. The summed E-state index contributed by atoms with van der Waals surface area (Å²) in [5, 5.41) is 0. The van der Waals surface area contributed by atoms with Gasteiger partial charge in [-0.15, -0.1) is 0 Å². The van der Waals surface area contributed by atoms with E-state index in [0.29, 0.717) is 6.04 Å². The zero-order valence-electron chi connectivity index (χ0n) is 10.6. The molecule has 0 bridgehead atoms. The first-order valence-electron chi connectivity index (χ1n) is 6.40. The van der Waals surface area contributed by atoms with Gasteiger partial charge >= 0.3 is 0 Å². The number of hydrogen-bond donors (Lipinski definition) is 1. The minimum absolute atomic E-state index is 0.157. The van der Waals surface area contributed by atoms with Crippen molar-refractivity contribution < 1.29 is 0 Å². The highest BCUT2D eigenvalue weighted by Crippen LogP contribution is 2.35. The summed E-state index contributed by atoms with van der Waals surface area (Å²) < 4.78 is 1.13. The van der Waals surface area contributed by atoms with Gasteiger partial charge in [-0.3, -0.25) is 4.90 Å². The molecule has 0 aliphatic heterocycles. The molecule has 1 saturated carbocycles. The number of rotatable bonds is 5. The van der Waals surface area contributed by atoms with Crippen molar-refractivity contribution in [1.29, 1.82) is 0 Å². The van der Waals surface area contributed by atoms with Crippen molar-refractivity contribution in [3.8, 4) is 0 Å². The minimum Gasteiger partial charge on any atom is -0.326 e. The summed E-state index contributed by atoms with van der Waals surface area (Å²) >= 11 is 3.54. The van der Waals surface area contributed by atoms with Crippen molar-refractivity contribution in [2.75, 3.05) is 6.54 Å². The number of nitrogens with zero attached hydrogens (tertiary/aromatic N) is 1. The van der Waals surface area contributed by atoms with Gasteiger partial charge in [-0.1, -0.05) is 35.0 Å². The summed E-state index contributed by atoms with van der Waals surface area (Å²) in [5.41, 5.74) is 7.53. The largest absolute Gasteiger partial charge is 0.326 e. The molecule has 2 atom stereocenters. The average Bonchev–Trinajstić information content (AvgIpc) is 3.08. The third kappa shape index (κ3) is 3.09. The van der Waals surface area contributed by atoms with Crippen LogP contribution in [0.1, 0.15) is 38.3 Å². The highest BCUT2D eigenvalue weighted by Gasteiger charge is 2.35. The fourth-order valence-corrected chi connectivity index (χ4v) is 2.99. The Labute approximate surface area is 112 Å². The summed E-state index contributed by atoms with van der Waals surface area (Å²) in [6.07, 6.45) is 2.65. The van der Waals surface area contributed by atoms with Crippen LogP contribution in [0.25, 0.3) is 0 Å². The summed E-state index contributed by atoms with van der Waals surface area (Å²) in [6, 6.07) is 9.78. The topological polar surface area (TPSA) is 29.3 Å². The maximum Gasteiger partial charge on any atom is 0.0499 e. The summed E-state index contributed by atoms with van der Waals surface area (Å²) in [6.45, 7) is 5.41. The van der Waals surface area contributed by atoms with E-state index < -0.39 is 0 Å². The van der Waals surface area contributed by atoms with Crippen molar-refractivity contribution in [2.24, 2.45) is 5.73 Å². The minimum atomic E-state index is 0.157. The first kappa shape index (κ1) is 13.1. The van der Waals surface area contributed by atoms with Gasteiger partial charge in [0.2, 0.25) is 0 Å². The molecule has 0 aromatic heterocycles. The second-order valence-electron chi connectivity index (χ2n) is 4.92. The molecular formula is C14H21BrN2. The van der Waals surface area contributed by atoms with Crippen LogP contribution < -0.4 is 5.73 Å². The highest BCUT2D eigenvalue weighted by atomic mass is 79.9. The Morgan fingerprint density at radius 3 is 2.65 bits per heavy atom. The lowest BCUT2D eigenvalue weighted by molar-refractivity contribution is 0.176. The van der Waals surface area contributed by atoms with E-state index in [1.807, 2.05) is 0 Å². The summed E-state index contributed by atoms with van der Waals surface area (Å²) in [5.74, 6) is 0. The predicted molar refractivity (Wildman–Crippen MR) is 75.9 cm³/mol. The van der Waals surface area contributed by atoms with Gasteiger partial charge in [0, 0.05) is 22.6 Å². The Morgan fingerprint density at radius 2 is 2.18 bits per heavy atom. The monoisotopic (exact) mass is 296 g/mol. The quantitative estimate of drug-likeness (QED) is 0.903. The molecule has 0 radical (unpaired) electrons. The van der Waals surface area contributed by atoms with Crippen LogP contribution in [-0.2, 0) is 0 Å². The lowest BCUT2D eigenvalue weighted by atomic mass is 9.99. The number of likely N-dealkylation sites (N-methyl/N-ethyl adjacent to an activating group) is 1. The molecule has 2 N–H and O–H groups in total. The van der Waals surface area contributed by atoms with Crippen LogP contribution in [0.4, 0.5) is 0 Å². The third-order valence-corrected chi connectivity index (χ3v) is 3.92. The lowest BCUT2D eigenvalue weighted by Crippen LogP contribution is -2.40. The van der Waals surface area contributed by atoms with Crippen LogP contribution in [0.3, 0.4) is 0 Å². The predicted octanol–water partition coefficient (Wildman–Crippen LogP) is 3.32. The van der Waals surface area contributed by atoms with Gasteiger partial charge in [-0.2, -0.15) is 0 Å². The standard InChI is InChI=1S/C14H21BrN2/c1-3-17(13-7-8-13)14(10(2)16)11-5-4-6-12(15)9-11/h4-6,9-10,13-14H,3,7-8,16H2,1-2H3. The molecule has 0 heterocycles. The molecule has 2 nitrogen and oxygen atoms in total. The second kappa shape index (κ2) is 5.51. The Morgan fingerprint density at radius 1 is 1.47 bits per heavy atom. The molecule has 17 heavy (non-hydrogen) atoms. The lowest BCUT2D eigenvalue weighted by Gasteiger charge is -2.34. The van der Waals surface area contributed by atoms with Crippen LogP contribution >= 0.6 is 15.9 Å². The van der Waals surface area contributed by atoms with E-state index in [1.54, 1.807) is 0 Å². The molecule has 1 aliphatic rings. The Balaban J connectivity index is 2.27. The van der Waals surface area contributed by atoms with Gasteiger partial charge in [-0.25, -0.2) is 0 Å². The molecule has 94 valence electrons. The van der Waals surface area contributed by atoms with Crippen molar-refractivity contribution >= 4 is 15.9 Å². The van der Waals surface area contributed by atoms with E-state index in [0.717, 1.165) is 17.1 Å². The first-order valence-corrected chi connectivity index (χ1v) is 7.19. The van der Waals surface area contributed by atoms with Crippen LogP contribution in [0.2, 0.25) is 0 Å². The zero-order valence-corrected chi connectivity index (χ0v) is 12.2. The van der Waals surface area contributed by atoms with Crippen molar-refractivity contribution in [2.45, 2.75) is 44.8 Å². The number of nitrogens with two attached hydrogens (primary N) is 1. The molecule has 0 amide bonds. The van der Waals surface area contributed by atoms with Crippen molar-refractivity contribution in [1.82, 2.24) is 4.90 Å². The molecule has 2 rings (SSSR count). The molecule has 0 spiro atoms. The van der Waals surface area contributed by atoms with Gasteiger partial charge < -0.3 is 5.73 Å². The van der Waals surface area contributed by atoms with Crippen LogP contribution in [0, 0.1) is 0 Å². The second-order valence-corrected chi connectivity index (χ2v) is 5.84. The molecule has 2 unspecified atom stereocenters. The first-order chi connectivity index (χ1) is 8.13. The zero-order chi connectivity index (χ0) is 12.4. The van der Waals surface area contributed by atoms with Crippen molar-refractivity contribution in [3.63, 3.8) is 0 Å². The van der Waals surface area contributed by atoms with E-state index >= 15 is 0 Å². The van der Waals surface area contributed by atoms with Gasteiger partial charge in [-0.05, 0) is 44.0 Å². The normalized spacial score (nSPS) is 19.4. The van der Waals surface area contributed by atoms with Gasteiger partial charge in [0.05, 0.1) is 0 Å². The summed E-state index contributed by atoms with van der Waals surface area (Å²) in [4.78, 5) is 2.55. The molecule has 1 fully saturated rings. The van der Waals surface area contributed by atoms with E-state index in [1.165, 1.54) is 18.4 Å². The number of benzene rings is 1. The fraction of sp³-hybridized carbons (Fsp3) is 0.571. The molecular weight excluding hydrogens is 276 g/mol. The molecule has 1 aromatic carbocycles. The third-order valence-electron chi connectivity index (χ3n) is 3.43. The Kier molecular flexibility index (Phi) is 4.23. The van der Waals surface area contributed by atoms with Gasteiger partial charge in [0.15, 0.2) is 0 Å². The maximum atomic E-state index is 6.20. The maximum absolute atomic E-state index is 6.20. The molecule has 3 heteroatoms. The highest BCUT2D eigenvalue weighted by molar-refractivity contribution is 9.10. The number of halogens is 1. The SMILES string of the molecule is CCN(C1CC1)C(c1cccc(Br)c1)C(C)N. The molecule has 1 aliphatic carbocycles. The van der Waals surface area contributed by atoms with Crippen LogP contribution in [0.5, 0.6) is 0 Å². The van der Waals surface area contributed by atoms with Gasteiger partial charge in [0.1, 0.15) is 0 Å². The van der Waals surface area contributed by atoms with Crippen LogP contribution in [-0.4, -0.2) is 23.5 Å². The van der Waals surface area contributed by atoms with Crippen molar-refractivity contribution in [3.05, 3.63) is 34.3 Å². The van der Waals surface area contributed by atoms with E-state index in [2.05, 4.69) is 58.9 Å². The van der Waals surface area contributed by atoms with Crippen LogP contribution in [0.15, 0.2) is 28.7 Å². The molecule has 1 aromatic rings. The fourth-order valence-electron chi connectivity index (χ4n) is 2.58. The Hall–Kier alpha value is -0.380. The Bertz CT molecular complexity index is 374. The van der Waals surface area contributed by atoms with E-state index in [-0.39, 0.29) is 6.04 Å².